The number of carbonyl (C=O) groups is 1. The lowest BCUT2D eigenvalue weighted by Gasteiger charge is -2.17. The van der Waals surface area contributed by atoms with Crippen molar-refractivity contribution in [1.29, 1.82) is 0 Å². The fourth-order valence-electron chi connectivity index (χ4n) is 3.23. The number of ether oxygens (including phenoxy) is 2. The van der Waals surface area contributed by atoms with Gasteiger partial charge in [-0.25, -0.2) is 4.79 Å². The minimum atomic E-state index is -0.372. The van der Waals surface area contributed by atoms with Gasteiger partial charge in [-0.05, 0) is 73.4 Å². The van der Waals surface area contributed by atoms with Crippen LogP contribution in [0, 0.1) is 0 Å². The van der Waals surface area contributed by atoms with Gasteiger partial charge in [0, 0.05) is 12.3 Å². The van der Waals surface area contributed by atoms with E-state index < -0.39 is 0 Å². The maximum absolute atomic E-state index is 12.3. The van der Waals surface area contributed by atoms with Gasteiger partial charge in [-0.2, -0.15) is 0 Å². The van der Waals surface area contributed by atoms with E-state index in [2.05, 4.69) is 11.9 Å². The second-order valence-corrected chi connectivity index (χ2v) is 7.25. The van der Waals surface area contributed by atoms with Crippen LogP contribution in [0.4, 0.5) is 0 Å². The van der Waals surface area contributed by atoms with Crippen molar-refractivity contribution in [2.45, 2.75) is 57.9 Å². The molecule has 0 bridgehead atoms. The lowest BCUT2D eigenvalue weighted by molar-refractivity contribution is 0.0734. The first-order valence-corrected chi connectivity index (χ1v) is 10.3. The second-order valence-electron chi connectivity index (χ2n) is 7.25. The lowest BCUT2D eigenvalue weighted by atomic mass is 9.96. The molecule has 1 aliphatic carbocycles. The summed E-state index contributed by atoms with van der Waals surface area (Å²) in [5.41, 5.74) is 1.53. The van der Waals surface area contributed by atoms with Gasteiger partial charge in [-0.1, -0.05) is 32.6 Å². The van der Waals surface area contributed by atoms with Crippen molar-refractivity contribution in [3.8, 4) is 11.5 Å². The van der Waals surface area contributed by atoms with Crippen LogP contribution >= 0.6 is 0 Å². The molecule has 2 aromatic carbocycles. The van der Waals surface area contributed by atoms with Crippen LogP contribution in [0.3, 0.4) is 0 Å². The van der Waals surface area contributed by atoms with Crippen molar-refractivity contribution in [2.24, 2.45) is 4.99 Å². The highest BCUT2D eigenvalue weighted by molar-refractivity contribution is 5.91. The Hall–Kier alpha value is -2.62. The summed E-state index contributed by atoms with van der Waals surface area (Å²) >= 11 is 0. The van der Waals surface area contributed by atoms with Gasteiger partial charge in [0.15, 0.2) is 0 Å². The van der Waals surface area contributed by atoms with Gasteiger partial charge in [0.25, 0.3) is 0 Å². The maximum atomic E-state index is 12.3. The van der Waals surface area contributed by atoms with Crippen molar-refractivity contribution in [3.63, 3.8) is 0 Å². The summed E-state index contributed by atoms with van der Waals surface area (Å²) in [6.07, 6.45) is 10.3. The molecule has 0 heterocycles. The molecule has 2 aromatic rings. The average molecular weight is 380 g/mol. The molecule has 0 spiro atoms. The summed E-state index contributed by atoms with van der Waals surface area (Å²) in [6, 6.07) is 15.0. The molecule has 0 aromatic heterocycles. The van der Waals surface area contributed by atoms with Crippen molar-refractivity contribution in [1.82, 2.24) is 0 Å². The molecule has 4 heteroatoms. The summed E-state index contributed by atoms with van der Waals surface area (Å²) in [7, 11) is 0. The Morgan fingerprint density at radius 1 is 1.00 bits per heavy atom. The summed E-state index contributed by atoms with van der Waals surface area (Å²) in [6.45, 7) is 2.81. The van der Waals surface area contributed by atoms with Gasteiger partial charge in [0.2, 0.25) is 0 Å². The summed E-state index contributed by atoms with van der Waals surface area (Å²) in [5, 5.41) is 0. The van der Waals surface area contributed by atoms with Gasteiger partial charge >= 0.3 is 5.97 Å². The third kappa shape index (κ3) is 6.22. The normalized spacial score (nSPS) is 14.9. The van der Waals surface area contributed by atoms with Crippen molar-refractivity contribution in [2.75, 3.05) is 6.61 Å². The van der Waals surface area contributed by atoms with E-state index >= 15 is 0 Å². The highest BCUT2D eigenvalue weighted by Gasteiger charge is 2.11. The van der Waals surface area contributed by atoms with Gasteiger partial charge in [0.1, 0.15) is 11.5 Å². The van der Waals surface area contributed by atoms with Crippen LogP contribution in [0.15, 0.2) is 53.5 Å². The van der Waals surface area contributed by atoms with Gasteiger partial charge in [-0.3, -0.25) is 4.99 Å². The van der Waals surface area contributed by atoms with E-state index in [-0.39, 0.29) is 5.97 Å². The standard InChI is InChI=1S/C24H29NO3/c1-2-3-17-27-22-15-11-20(12-16-22)24(26)28-23-13-9-19(10-14-23)18-25-21-7-5-4-6-8-21/h9-16,18,21H,2-8,17H2,1H3. The quantitative estimate of drug-likeness (QED) is 0.251. The van der Waals surface area contributed by atoms with E-state index in [1.165, 1.54) is 32.1 Å². The first kappa shape index (κ1) is 20.1. The third-order valence-electron chi connectivity index (χ3n) is 4.96. The van der Waals surface area contributed by atoms with Crippen LogP contribution in [0.1, 0.15) is 67.8 Å². The van der Waals surface area contributed by atoms with E-state index in [0.717, 1.165) is 24.2 Å². The van der Waals surface area contributed by atoms with E-state index in [0.29, 0.717) is 24.0 Å². The van der Waals surface area contributed by atoms with Crippen molar-refractivity contribution >= 4 is 12.2 Å². The molecule has 1 saturated carbocycles. The van der Waals surface area contributed by atoms with E-state index in [1.807, 2.05) is 30.5 Å². The van der Waals surface area contributed by atoms with Crippen molar-refractivity contribution in [3.05, 3.63) is 59.7 Å². The lowest BCUT2D eigenvalue weighted by Crippen LogP contribution is -2.09. The Labute approximate surface area is 167 Å². The highest BCUT2D eigenvalue weighted by Crippen LogP contribution is 2.21. The molecule has 0 N–H and O–H groups in total. The molecule has 28 heavy (non-hydrogen) atoms. The predicted octanol–water partition coefficient (Wildman–Crippen LogP) is 5.84. The fourth-order valence-corrected chi connectivity index (χ4v) is 3.23. The molecule has 0 radical (unpaired) electrons. The first-order valence-electron chi connectivity index (χ1n) is 10.3. The Morgan fingerprint density at radius 3 is 2.36 bits per heavy atom. The molecule has 0 saturated heterocycles. The molecule has 0 aliphatic heterocycles. The Morgan fingerprint density at radius 2 is 1.68 bits per heavy atom. The number of unbranched alkanes of at least 4 members (excludes halogenated alkanes) is 1. The highest BCUT2D eigenvalue weighted by atomic mass is 16.5. The topological polar surface area (TPSA) is 47.9 Å². The number of hydrogen-bond donors (Lipinski definition) is 0. The monoisotopic (exact) mass is 379 g/mol. The van der Waals surface area contributed by atoms with Crippen LogP contribution in [0.2, 0.25) is 0 Å². The average Bonchev–Trinajstić information content (AvgIpc) is 2.75. The zero-order valence-electron chi connectivity index (χ0n) is 16.6. The van der Waals surface area contributed by atoms with Gasteiger partial charge < -0.3 is 9.47 Å². The van der Waals surface area contributed by atoms with Crippen LogP contribution < -0.4 is 9.47 Å². The number of benzene rings is 2. The molecule has 1 fully saturated rings. The van der Waals surface area contributed by atoms with Crippen LogP contribution in [0.5, 0.6) is 11.5 Å². The summed E-state index contributed by atoms with van der Waals surface area (Å²) in [4.78, 5) is 17.0. The van der Waals surface area contributed by atoms with Gasteiger partial charge in [-0.15, -0.1) is 0 Å². The molecule has 0 unspecified atom stereocenters. The summed E-state index contributed by atoms with van der Waals surface area (Å²) < 4.78 is 11.1. The SMILES string of the molecule is CCCCOc1ccc(C(=O)Oc2ccc(C=NC3CCCCC3)cc2)cc1. The number of rotatable bonds is 8. The van der Waals surface area contributed by atoms with E-state index in [9.17, 15) is 4.79 Å². The largest absolute Gasteiger partial charge is 0.494 e. The Kier molecular flexibility index (Phi) is 7.65. The number of carbonyl (C=O) groups excluding carboxylic acids is 1. The Bertz CT molecular complexity index is 759. The van der Waals surface area contributed by atoms with Crippen LogP contribution in [-0.4, -0.2) is 24.8 Å². The second kappa shape index (κ2) is 10.6. The minimum absolute atomic E-state index is 0.372. The number of hydrogen-bond acceptors (Lipinski definition) is 4. The predicted molar refractivity (Wildman–Crippen MR) is 113 cm³/mol. The molecule has 4 nitrogen and oxygen atoms in total. The fraction of sp³-hybridized carbons (Fsp3) is 0.417. The van der Waals surface area contributed by atoms with Crippen molar-refractivity contribution < 1.29 is 14.3 Å². The molecule has 3 rings (SSSR count). The van der Waals surface area contributed by atoms with E-state index in [4.69, 9.17) is 9.47 Å². The number of esters is 1. The molecular formula is C24H29NO3. The van der Waals surface area contributed by atoms with Crippen LogP contribution in [0.25, 0.3) is 0 Å². The molecule has 0 atom stereocenters. The van der Waals surface area contributed by atoms with Crippen LogP contribution in [-0.2, 0) is 0 Å². The molecule has 0 amide bonds. The molecular weight excluding hydrogens is 350 g/mol. The molecule has 148 valence electrons. The Balaban J connectivity index is 1.51. The number of aliphatic imine (C=N–C) groups is 1. The number of nitrogens with zero attached hydrogens (tertiary/aromatic N) is 1. The van der Waals surface area contributed by atoms with E-state index in [1.54, 1.807) is 24.3 Å². The zero-order valence-corrected chi connectivity index (χ0v) is 16.6. The summed E-state index contributed by atoms with van der Waals surface area (Å²) in [5.74, 6) is 0.929. The smallest absolute Gasteiger partial charge is 0.343 e. The maximum Gasteiger partial charge on any atom is 0.343 e. The minimum Gasteiger partial charge on any atom is -0.494 e. The van der Waals surface area contributed by atoms with Gasteiger partial charge in [0.05, 0.1) is 12.2 Å². The molecule has 1 aliphatic rings. The third-order valence-corrected chi connectivity index (χ3v) is 4.96. The zero-order chi connectivity index (χ0) is 19.6. The first-order chi connectivity index (χ1) is 13.7.